The molecule has 0 amide bonds. The summed E-state index contributed by atoms with van der Waals surface area (Å²) in [6.45, 7) is 0. The summed E-state index contributed by atoms with van der Waals surface area (Å²) >= 11 is 1.62. The number of hydrogen-bond donors (Lipinski definition) is 1. The lowest BCUT2D eigenvalue weighted by molar-refractivity contribution is 0.399. The van der Waals surface area contributed by atoms with Crippen LogP contribution in [0, 0.1) is 0 Å². The van der Waals surface area contributed by atoms with E-state index in [1.807, 2.05) is 47.1 Å². The lowest BCUT2D eigenvalue weighted by atomic mass is 10.3. The topological polar surface area (TPSA) is 81.5 Å². The summed E-state index contributed by atoms with van der Waals surface area (Å²) in [5, 5.41) is 5.63. The van der Waals surface area contributed by atoms with Crippen LogP contribution in [0.4, 0.5) is 0 Å². The van der Waals surface area contributed by atoms with Gasteiger partial charge >= 0.3 is 0 Å². The molecular formula is C19H18N6OS. The first-order valence-corrected chi connectivity index (χ1v) is 9.83. The Labute approximate surface area is 160 Å². The number of benzene rings is 1. The van der Waals surface area contributed by atoms with E-state index in [1.165, 1.54) is 12.8 Å². The summed E-state index contributed by atoms with van der Waals surface area (Å²) in [5.41, 5.74) is 2.58. The van der Waals surface area contributed by atoms with Crippen LogP contribution in [-0.4, -0.2) is 36.8 Å². The molecule has 3 heterocycles. The van der Waals surface area contributed by atoms with Crippen LogP contribution in [0.15, 0.2) is 47.6 Å². The van der Waals surface area contributed by atoms with Crippen molar-refractivity contribution < 1.29 is 4.74 Å². The fourth-order valence-electron chi connectivity index (χ4n) is 2.90. The van der Waals surface area contributed by atoms with Crippen molar-refractivity contribution in [2.24, 2.45) is 0 Å². The van der Waals surface area contributed by atoms with Gasteiger partial charge in [-0.3, -0.25) is 0 Å². The molecule has 1 fully saturated rings. The van der Waals surface area contributed by atoms with Crippen molar-refractivity contribution in [1.82, 2.24) is 29.7 Å². The van der Waals surface area contributed by atoms with E-state index >= 15 is 0 Å². The van der Waals surface area contributed by atoms with Gasteiger partial charge in [0.05, 0.1) is 24.1 Å². The summed E-state index contributed by atoms with van der Waals surface area (Å²) in [5.74, 6) is 3.53. The molecule has 136 valence electrons. The van der Waals surface area contributed by atoms with Crippen LogP contribution in [0.1, 0.15) is 30.4 Å². The minimum absolute atomic E-state index is 0.511. The molecule has 27 heavy (non-hydrogen) atoms. The third-order valence-electron chi connectivity index (χ3n) is 4.45. The number of nitrogens with one attached hydrogen (secondary N) is 1. The fraction of sp³-hybridized carbons (Fsp3) is 0.263. The van der Waals surface area contributed by atoms with Gasteiger partial charge in [0.15, 0.2) is 16.6 Å². The molecule has 7 nitrogen and oxygen atoms in total. The normalized spacial score (nSPS) is 14.0. The van der Waals surface area contributed by atoms with Crippen molar-refractivity contribution in [3.05, 3.63) is 54.1 Å². The van der Waals surface area contributed by atoms with E-state index < -0.39 is 0 Å². The number of imidazole rings is 1. The summed E-state index contributed by atoms with van der Waals surface area (Å²) in [6, 6.07) is 13.9. The van der Waals surface area contributed by atoms with Gasteiger partial charge in [0.1, 0.15) is 5.82 Å². The highest BCUT2D eigenvalue weighted by Gasteiger charge is 2.29. The molecule has 8 heteroatoms. The van der Waals surface area contributed by atoms with Crippen molar-refractivity contribution in [1.29, 1.82) is 0 Å². The van der Waals surface area contributed by atoms with Gasteiger partial charge in [0.25, 0.3) is 0 Å². The fourth-order valence-corrected chi connectivity index (χ4v) is 3.73. The first-order valence-electron chi connectivity index (χ1n) is 8.85. The maximum absolute atomic E-state index is 5.16. The van der Waals surface area contributed by atoms with Gasteiger partial charge in [0, 0.05) is 12.0 Å². The van der Waals surface area contributed by atoms with Gasteiger partial charge in [-0.2, -0.15) is 4.98 Å². The zero-order valence-electron chi connectivity index (χ0n) is 14.8. The largest absolute Gasteiger partial charge is 0.481 e. The average Bonchev–Trinajstić information content (AvgIpc) is 3.34. The van der Waals surface area contributed by atoms with Gasteiger partial charge in [-0.1, -0.05) is 30.0 Å². The van der Waals surface area contributed by atoms with Crippen LogP contribution in [0.25, 0.3) is 16.9 Å². The van der Waals surface area contributed by atoms with E-state index in [9.17, 15) is 0 Å². The molecule has 0 bridgehead atoms. The van der Waals surface area contributed by atoms with Gasteiger partial charge in [-0.25, -0.2) is 14.6 Å². The number of fused-ring (bicyclic) bond motifs is 1. The minimum atomic E-state index is 0.511. The van der Waals surface area contributed by atoms with E-state index in [0.717, 1.165) is 28.0 Å². The van der Waals surface area contributed by atoms with E-state index in [4.69, 9.17) is 14.8 Å². The highest BCUT2D eigenvalue weighted by molar-refractivity contribution is 7.98. The van der Waals surface area contributed by atoms with Crippen LogP contribution in [0.5, 0.6) is 5.88 Å². The second-order valence-electron chi connectivity index (χ2n) is 6.47. The van der Waals surface area contributed by atoms with Crippen LogP contribution >= 0.6 is 11.8 Å². The molecular weight excluding hydrogens is 360 g/mol. The summed E-state index contributed by atoms with van der Waals surface area (Å²) < 4.78 is 7.10. The first kappa shape index (κ1) is 16.3. The number of aromatic amines is 1. The molecule has 1 aromatic carbocycles. The molecule has 1 N–H and O–H groups in total. The lowest BCUT2D eigenvalue weighted by Gasteiger charge is -2.04. The molecule has 0 radical (unpaired) electrons. The maximum atomic E-state index is 5.16. The van der Waals surface area contributed by atoms with Crippen molar-refractivity contribution in [3.8, 4) is 11.6 Å². The van der Waals surface area contributed by atoms with Gasteiger partial charge in [-0.15, -0.1) is 5.10 Å². The SMILES string of the molecule is COc1ccc2[nH]c(CSc3nc(C4CC4)nn3-c3ccccc3)nc2n1. The third-order valence-corrected chi connectivity index (χ3v) is 5.39. The molecule has 1 saturated carbocycles. The Kier molecular flexibility index (Phi) is 4.05. The summed E-state index contributed by atoms with van der Waals surface area (Å²) in [4.78, 5) is 17.0. The van der Waals surface area contributed by atoms with E-state index in [0.29, 0.717) is 23.2 Å². The molecule has 0 atom stereocenters. The number of methoxy groups -OCH3 is 1. The number of thioether (sulfide) groups is 1. The monoisotopic (exact) mass is 378 g/mol. The molecule has 4 aromatic rings. The molecule has 0 saturated heterocycles. The van der Waals surface area contributed by atoms with Crippen molar-refractivity contribution >= 4 is 22.9 Å². The number of nitrogens with zero attached hydrogens (tertiary/aromatic N) is 5. The Balaban J connectivity index is 1.42. The number of ether oxygens (including phenoxy) is 1. The number of para-hydroxylation sites is 1. The van der Waals surface area contributed by atoms with Gasteiger partial charge < -0.3 is 9.72 Å². The smallest absolute Gasteiger partial charge is 0.215 e. The zero-order valence-corrected chi connectivity index (χ0v) is 15.6. The maximum Gasteiger partial charge on any atom is 0.215 e. The number of H-pyrrole nitrogens is 1. The third kappa shape index (κ3) is 3.28. The van der Waals surface area contributed by atoms with E-state index in [2.05, 4.69) is 15.0 Å². The van der Waals surface area contributed by atoms with Crippen molar-refractivity contribution in [3.63, 3.8) is 0 Å². The van der Waals surface area contributed by atoms with Crippen LogP contribution < -0.4 is 4.74 Å². The number of hydrogen-bond acceptors (Lipinski definition) is 6. The number of pyridine rings is 1. The number of aromatic nitrogens is 6. The van der Waals surface area contributed by atoms with Crippen LogP contribution in [0.3, 0.4) is 0 Å². The van der Waals surface area contributed by atoms with Crippen molar-refractivity contribution in [2.45, 2.75) is 29.7 Å². The second-order valence-corrected chi connectivity index (χ2v) is 7.41. The molecule has 0 spiro atoms. The average molecular weight is 378 g/mol. The molecule has 0 unspecified atom stereocenters. The summed E-state index contributed by atoms with van der Waals surface area (Å²) in [6.07, 6.45) is 2.36. The van der Waals surface area contributed by atoms with Crippen LogP contribution in [0.2, 0.25) is 0 Å². The van der Waals surface area contributed by atoms with Crippen LogP contribution in [-0.2, 0) is 5.75 Å². The predicted octanol–water partition coefficient (Wildman–Crippen LogP) is 3.72. The minimum Gasteiger partial charge on any atom is -0.481 e. The second kappa shape index (κ2) is 6.70. The van der Waals surface area contributed by atoms with Gasteiger partial charge in [0.2, 0.25) is 5.88 Å². The highest BCUT2D eigenvalue weighted by atomic mass is 32.2. The first-order chi connectivity index (χ1) is 13.3. The van der Waals surface area contributed by atoms with Crippen molar-refractivity contribution in [2.75, 3.05) is 7.11 Å². The Bertz CT molecular complexity index is 1090. The predicted molar refractivity (Wildman–Crippen MR) is 103 cm³/mol. The zero-order chi connectivity index (χ0) is 18.2. The Morgan fingerprint density at radius 2 is 1.96 bits per heavy atom. The lowest BCUT2D eigenvalue weighted by Crippen LogP contribution is -1.99. The van der Waals surface area contributed by atoms with Gasteiger partial charge in [-0.05, 0) is 31.0 Å². The number of rotatable bonds is 6. The molecule has 3 aromatic heterocycles. The highest BCUT2D eigenvalue weighted by Crippen LogP contribution is 2.39. The molecule has 1 aliphatic carbocycles. The Morgan fingerprint density at radius 3 is 2.74 bits per heavy atom. The Morgan fingerprint density at radius 1 is 1.11 bits per heavy atom. The molecule has 0 aliphatic heterocycles. The molecule has 1 aliphatic rings. The quantitative estimate of drug-likeness (QED) is 0.515. The standard InChI is InChI=1S/C19H18N6OS/c1-26-16-10-9-14-18(22-16)21-15(20-14)11-27-19-23-17(12-7-8-12)24-25(19)13-5-3-2-4-6-13/h2-6,9-10,12H,7-8,11H2,1H3,(H,20,21,22). The molecule has 5 rings (SSSR count). The Hall–Kier alpha value is -2.87. The van der Waals surface area contributed by atoms with E-state index in [1.54, 1.807) is 18.9 Å². The van der Waals surface area contributed by atoms with E-state index in [-0.39, 0.29) is 0 Å². The summed E-state index contributed by atoms with van der Waals surface area (Å²) in [7, 11) is 1.60.